The third kappa shape index (κ3) is 3.65. The lowest BCUT2D eigenvalue weighted by Gasteiger charge is -2.30. The molecule has 0 saturated carbocycles. The van der Waals surface area contributed by atoms with Gasteiger partial charge in [-0.05, 0) is 42.7 Å². The van der Waals surface area contributed by atoms with Crippen LogP contribution in [-0.4, -0.2) is 5.75 Å². The van der Waals surface area contributed by atoms with Gasteiger partial charge in [0.05, 0.1) is 0 Å². The SMILES string of the molecule is CC(C)[C@@H]1CC[C@@H](C)C=C1CSc1ccccc1. The summed E-state index contributed by atoms with van der Waals surface area (Å²) in [6.45, 7) is 7.08. The number of hydrogen-bond acceptors (Lipinski definition) is 1. The van der Waals surface area contributed by atoms with Crippen LogP contribution in [-0.2, 0) is 0 Å². The molecule has 18 heavy (non-hydrogen) atoms. The summed E-state index contributed by atoms with van der Waals surface area (Å²) >= 11 is 1.98. The second-order valence-corrected chi connectivity index (χ2v) is 6.80. The molecule has 0 bridgehead atoms. The summed E-state index contributed by atoms with van der Waals surface area (Å²) in [5.41, 5.74) is 1.68. The maximum Gasteiger partial charge on any atom is 0.0193 e. The third-order valence-corrected chi connectivity index (χ3v) is 4.94. The quantitative estimate of drug-likeness (QED) is 0.515. The van der Waals surface area contributed by atoms with Crippen LogP contribution in [0.3, 0.4) is 0 Å². The summed E-state index contributed by atoms with van der Waals surface area (Å²) < 4.78 is 0. The molecule has 0 aromatic heterocycles. The van der Waals surface area contributed by atoms with E-state index in [9.17, 15) is 0 Å². The normalized spacial score (nSPS) is 24.1. The zero-order valence-electron chi connectivity index (χ0n) is 11.7. The predicted octanol–water partition coefficient (Wildman–Crippen LogP) is 5.41. The molecule has 0 amide bonds. The Hall–Kier alpha value is -0.690. The highest BCUT2D eigenvalue weighted by atomic mass is 32.2. The topological polar surface area (TPSA) is 0 Å². The number of benzene rings is 1. The van der Waals surface area contributed by atoms with Gasteiger partial charge in [0.25, 0.3) is 0 Å². The Bertz CT molecular complexity index is 391. The first-order chi connectivity index (χ1) is 8.66. The molecule has 0 saturated heterocycles. The second kappa shape index (κ2) is 6.47. The Balaban J connectivity index is 2.01. The average Bonchev–Trinajstić information content (AvgIpc) is 2.37. The van der Waals surface area contributed by atoms with Crippen molar-refractivity contribution in [2.24, 2.45) is 17.8 Å². The first kappa shape index (κ1) is 13.7. The Labute approximate surface area is 116 Å². The molecule has 1 aromatic carbocycles. The molecule has 1 heteroatoms. The Morgan fingerprint density at radius 3 is 2.56 bits per heavy atom. The van der Waals surface area contributed by atoms with Gasteiger partial charge >= 0.3 is 0 Å². The lowest BCUT2D eigenvalue weighted by Crippen LogP contribution is -2.19. The molecule has 0 aliphatic heterocycles. The van der Waals surface area contributed by atoms with Crippen molar-refractivity contribution in [3.63, 3.8) is 0 Å². The van der Waals surface area contributed by atoms with Gasteiger partial charge in [-0.3, -0.25) is 0 Å². The van der Waals surface area contributed by atoms with Crippen molar-refractivity contribution in [3.05, 3.63) is 42.0 Å². The molecule has 2 atom stereocenters. The summed E-state index contributed by atoms with van der Waals surface area (Å²) in [5.74, 6) is 3.51. The predicted molar refractivity (Wildman–Crippen MR) is 82.0 cm³/mol. The summed E-state index contributed by atoms with van der Waals surface area (Å²) in [6, 6.07) is 10.8. The van der Waals surface area contributed by atoms with Gasteiger partial charge in [0, 0.05) is 10.6 Å². The van der Waals surface area contributed by atoms with Gasteiger partial charge in [-0.2, -0.15) is 0 Å². The van der Waals surface area contributed by atoms with Crippen molar-refractivity contribution in [1.29, 1.82) is 0 Å². The van der Waals surface area contributed by atoms with Gasteiger partial charge in [0.15, 0.2) is 0 Å². The molecule has 0 heterocycles. The van der Waals surface area contributed by atoms with Gasteiger partial charge in [0.2, 0.25) is 0 Å². The van der Waals surface area contributed by atoms with E-state index in [2.05, 4.69) is 57.2 Å². The number of thioether (sulfide) groups is 1. The lowest BCUT2D eigenvalue weighted by molar-refractivity contribution is 0.363. The highest BCUT2D eigenvalue weighted by Gasteiger charge is 2.23. The van der Waals surface area contributed by atoms with Crippen molar-refractivity contribution in [2.75, 3.05) is 5.75 Å². The van der Waals surface area contributed by atoms with Crippen LogP contribution in [0.4, 0.5) is 0 Å². The third-order valence-electron chi connectivity index (χ3n) is 3.86. The number of allylic oxidation sites excluding steroid dienone is 1. The summed E-state index contributed by atoms with van der Waals surface area (Å²) in [4.78, 5) is 1.39. The lowest BCUT2D eigenvalue weighted by atomic mass is 9.78. The molecular weight excluding hydrogens is 236 g/mol. The zero-order valence-corrected chi connectivity index (χ0v) is 12.5. The van der Waals surface area contributed by atoms with E-state index in [1.165, 1.54) is 17.7 Å². The standard InChI is InChI=1S/C17H24S/c1-13(2)17-10-9-14(3)11-15(17)12-18-16-7-5-4-6-8-16/h4-8,11,13-14,17H,9-10,12H2,1-3H3/t14-,17+/m1/s1. The molecule has 1 aliphatic carbocycles. The largest absolute Gasteiger partial charge is 0.122 e. The molecule has 98 valence electrons. The Morgan fingerprint density at radius 2 is 1.89 bits per heavy atom. The molecule has 0 radical (unpaired) electrons. The molecule has 1 aromatic rings. The Kier molecular flexibility index (Phi) is 4.94. The average molecular weight is 260 g/mol. The van der Waals surface area contributed by atoms with Crippen molar-refractivity contribution in [1.82, 2.24) is 0 Å². The Morgan fingerprint density at radius 1 is 1.17 bits per heavy atom. The highest BCUT2D eigenvalue weighted by Crippen LogP contribution is 2.36. The summed E-state index contributed by atoms with van der Waals surface area (Å²) in [7, 11) is 0. The van der Waals surface area contributed by atoms with Crippen molar-refractivity contribution in [2.45, 2.75) is 38.5 Å². The highest BCUT2D eigenvalue weighted by molar-refractivity contribution is 7.99. The van der Waals surface area contributed by atoms with Gasteiger partial charge in [0.1, 0.15) is 0 Å². The molecule has 0 N–H and O–H groups in total. The molecule has 0 spiro atoms. The van der Waals surface area contributed by atoms with Crippen LogP contribution in [0.25, 0.3) is 0 Å². The monoisotopic (exact) mass is 260 g/mol. The fourth-order valence-corrected chi connectivity index (χ4v) is 3.79. The molecule has 2 rings (SSSR count). The fourth-order valence-electron chi connectivity index (χ4n) is 2.80. The van der Waals surface area contributed by atoms with Gasteiger partial charge < -0.3 is 0 Å². The molecule has 0 fully saturated rings. The minimum Gasteiger partial charge on any atom is -0.122 e. The molecular formula is C17H24S. The van der Waals surface area contributed by atoms with Crippen LogP contribution < -0.4 is 0 Å². The maximum absolute atomic E-state index is 2.53. The zero-order chi connectivity index (χ0) is 13.0. The van der Waals surface area contributed by atoms with Crippen LogP contribution in [0.2, 0.25) is 0 Å². The minimum absolute atomic E-state index is 0.770. The van der Waals surface area contributed by atoms with E-state index >= 15 is 0 Å². The second-order valence-electron chi connectivity index (χ2n) is 5.75. The van der Waals surface area contributed by atoms with Crippen molar-refractivity contribution < 1.29 is 0 Å². The molecule has 1 aliphatic rings. The van der Waals surface area contributed by atoms with Crippen LogP contribution in [0, 0.1) is 17.8 Å². The van der Waals surface area contributed by atoms with E-state index in [1.807, 2.05) is 11.8 Å². The minimum atomic E-state index is 0.770. The van der Waals surface area contributed by atoms with Crippen LogP contribution in [0.1, 0.15) is 33.6 Å². The van der Waals surface area contributed by atoms with E-state index in [4.69, 9.17) is 0 Å². The number of hydrogen-bond donors (Lipinski definition) is 0. The van der Waals surface area contributed by atoms with E-state index in [1.54, 1.807) is 5.57 Å². The van der Waals surface area contributed by atoms with Crippen molar-refractivity contribution in [3.8, 4) is 0 Å². The smallest absolute Gasteiger partial charge is 0.0193 e. The number of rotatable bonds is 4. The maximum atomic E-state index is 2.53. The first-order valence-electron chi connectivity index (χ1n) is 7.05. The molecule has 0 unspecified atom stereocenters. The van der Waals surface area contributed by atoms with Crippen LogP contribution in [0.5, 0.6) is 0 Å². The fraction of sp³-hybridized carbons (Fsp3) is 0.529. The summed E-state index contributed by atoms with van der Waals surface area (Å²) in [6.07, 6.45) is 5.27. The van der Waals surface area contributed by atoms with E-state index in [-0.39, 0.29) is 0 Å². The van der Waals surface area contributed by atoms with Crippen molar-refractivity contribution >= 4 is 11.8 Å². The first-order valence-corrected chi connectivity index (χ1v) is 8.04. The van der Waals surface area contributed by atoms with Gasteiger partial charge in [-0.1, -0.05) is 50.6 Å². The van der Waals surface area contributed by atoms with E-state index in [0.717, 1.165) is 23.5 Å². The van der Waals surface area contributed by atoms with Gasteiger partial charge in [-0.25, -0.2) is 0 Å². The van der Waals surface area contributed by atoms with E-state index < -0.39 is 0 Å². The summed E-state index contributed by atoms with van der Waals surface area (Å²) in [5, 5.41) is 0. The van der Waals surface area contributed by atoms with Crippen LogP contribution in [0.15, 0.2) is 46.9 Å². The van der Waals surface area contributed by atoms with E-state index in [0.29, 0.717) is 0 Å². The van der Waals surface area contributed by atoms with Crippen LogP contribution >= 0.6 is 11.8 Å². The molecule has 0 nitrogen and oxygen atoms in total. The van der Waals surface area contributed by atoms with Gasteiger partial charge in [-0.15, -0.1) is 11.8 Å².